The molecule has 0 aliphatic rings. The number of nitrogens with zero attached hydrogens (tertiary/aromatic N) is 1. The molecule has 0 radical (unpaired) electrons. The van der Waals surface area contributed by atoms with Gasteiger partial charge in [0.15, 0.2) is 0 Å². The molecule has 0 atom stereocenters. The Balaban J connectivity index is 2.35. The van der Waals surface area contributed by atoms with E-state index in [9.17, 15) is 4.39 Å². The van der Waals surface area contributed by atoms with E-state index >= 15 is 0 Å². The van der Waals surface area contributed by atoms with Gasteiger partial charge in [0, 0.05) is 12.5 Å². The molecule has 0 heterocycles. The summed E-state index contributed by atoms with van der Waals surface area (Å²) < 4.78 is 18.1. The molecule has 6 heteroatoms. The Kier molecular flexibility index (Phi) is 4.85. The van der Waals surface area contributed by atoms with Crippen molar-refractivity contribution >= 4 is 17.4 Å². The van der Waals surface area contributed by atoms with Crippen LogP contribution >= 0.6 is 11.6 Å². The van der Waals surface area contributed by atoms with Crippen molar-refractivity contribution in [3.63, 3.8) is 0 Å². The van der Waals surface area contributed by atoms with Crippen LogP contribution in [0.4, 0.5) is 4.39 Å². The fourth-order valence-corrected chi connectivity index (χ4v) is 1.23. The summed E-state index contributed by atoms with van der Waals surface area (Å²) in [6.45, 7) is 0.387. The molecule has 0 fully saturated rings. The third kappa shape index (κ3) is 3.94. The van der Waals surface area contributed by atoms with Crippen LogP contribution in [0.1, 0.15) is 12.8 Å². The van der Waals surface area contributed by atoms with E-state index in [0.717, 1.165) is 0 Å². The molecule has 1 rings (SSSR count). The molecule has 1 aromatic carbocycles. The first-order chi connectivity index (χ1) is 7.63. The van der Waals surface area contributed by atoms with Crippen LogP contribution in [0.3, 0.4) is 0 Å². The Morgan fingerprint density at radius 3 is 2.94 bits per heavy atom. The number of halogens is 2. The Labute approximate surface area is 97.5 Å². The van der Waals surface area contributed by atoms with Gasteiger partial charge in [0.25, 0.3) is 0 Å². The number of rotatable bonds is 5. The molecule has 4 nitrogen and oxygen atoms in total. The topological polar surface area (TPSA) is 67.8 Å². The van der Waals surface area contributed by atoms with Crippen molar-refractivity contribution in [3.05, 3.63) is 29.0 Å². The number of hydrogen-bond acceptors (Lipinski definition) is 3. The fraction of sp³-hybridized carbons (Fsp3) is 0.300. The van der Waals surface area contributed by atoms with Gasteiger partial charge in [-0.2, -0.15) is 0 Å². The lowest BCUT2D eigenvalue weighted by atomic mass is 10.3. The highest BCUT2D eigenvalue weighted by molar-refractivity contribution is 6.30. The summed E-state index contributed by atoms with van der Waals surface area (Å²) in [6, 6.07) is 4.13. The predicted octanol–water partition coefficient (Wildman–Crippen LogP) is 2.38. The Bertz CT molecular complexity index is 385. The van der Waals surface area contributed by atoms with Gasteiger partial charge in [-0.05, 0) is 18.6 Å². The van der Waals surface area contributed by atoms with Gasteiger partial charge in [0.05, 0.1) is 11.6 Å². The van der Waals surface area contributed by atoms with E-state index in [1.54, 1.807) is 0 Å². The van der Waals surface area contributed by atoms with Crippen LogP contribution in [0.15, 0.2) is 23.4 Å². The molecule has 0 aromatic heterocycles. The first-order valence-electron chi connectivity index (χ1n) is 4.67. The number of oxime groups is 1. The second-order valence-corrected chi connectivity index (χ2v) is 3.53. The molecule has 0 spiro atoms. The zero-order valence-corrected chi connectivity index (χ0v) is 9.25. The standard InChI is InChI=1S/C10H12ClFN2O2/c11-8-6-7(3-4-9(8)12)16-5-1-2-10(13)14-15/h3-4,6,15H,1-2,5H2,(H2,13,14). The van der Waals surface area contributed by atoms with Crippen molar-refractivity contribution in [2.45, 2.75) is 12.8 Å². The minimum Gasteiger partial charge on any atom is -0.494 e. The first kappa shape index (κ1) is 12.6. The molecule has 0 saturated carbocycles. The number of amidine groups is 1. The molecule has 16 heavy (non-hydrogen) atoms. The maximum Gasteiger partial charge on any atom is 0.142 e. The Hall–Kier alpha value is -1.49. The van der Waals surface area contributed by atoms with Crippen molar-refractivity contribution in [2.24, 2.45) is 10.9 Å². The van der Waals surface area contributed by atoms with Gasteiger partial charge >= 0.3 is 0 Å². The van der Waals surface area contributed by atoms with Gasteiger partial charge in [-0.25, -0.2) is 4.39 Å². The Morgan fingerprint density at radius 1 is 1.56 bits per heavy atom. The van der Waals surface area contributed by atoms with E-state index in [2.05, 4.69) is 5.16 Å². The summed E-state index contributed by atoms with van der Waals surface area (Å²) in [5.74, 6) is 0.164. The van der Waals surface area contributed by atoms with Crippen molar-refractivity contribution in [1.29, 1.82) is 0 Å². The average Bonchev–Trinajstić information content (AvgIpc) is 2.28. The third-order valence-corrected chi connectivity index (χ3v) is 2.16. The van der Waals surface area contributed by atoms with Crippen molar-refractivity contribution < 1.29 is 14.3 Å². The second kappa shape index (κ2) is 6.17. The number of benzene rings is 1. The van der Waals surface area contributed by atoms with Crippen molar-refractivity contribution in [3.8, 4) is 5.75 Å². The molecule has 1 aromatic rings. The molecule has 0 bridgehead atoms. The van der Waals surface area contributed by atoms with Gasteiger partial charge < -0.3 is 15.7 Å². The van der Waals surface area contributed by atoms with Crippen LogP contribution in [0.2, 0.25) is 5.02 Å². The lowest BCUT2D eigenvalue weighted by Crippen LogP contribution is -2.12. The van der Waals surface area contributed by atoms with Crippen molar-refractivity contribution in [1.82, 2.24) is 0 Å². The van der Waals surface area contributed by atoms with E-state index in [4.69, 9.17) is 27.3 Å². The molecule has 0 amide bonds. The number of nitrogens with two attached hydrogens (primary N) is 1. The van der Waals surface area contributed by atoms with Crippen LogP contribution in [0, 0.1) is 5.82 Å². The first-order valence-corrected chi connectivity index (χ1v) is 5.05. The maximum absolute atomic E-state index is 12.8. The van der Waals surface area contributed by atoms with E-state index < -0.39 is 5.82 Å². The summed E-state index contributed by atoms with van der Waals surface area (Å²) >= 11 is 5.57. The molecule has 0 saturated heterocycles. The van der Waals surface area contributed by atoms with Crippen LogP contribution in [-0.2, 0) is 0 Å². The highest BCUT2D eigenvalue weighted by Gasteiger charge is 2.01. The highest BCUT2D eigenvalue weighted by Crippen LogP contribution is 2.21. The summed E-state index contributed by atoms with van der Waals surface area (Å²) in [5, 5.41) is 11.1. The minimum atomic E-state index is -0.481. The van der Waals surface area contributed by atoms with Crippen LogP contribution in [0.5, 0.6) is 5.75 Å². The third-order valence-electron chi connectivity index (χ3n) is 1.87. The molecule has 88 valence electrons. The van der Waals surface area contributed by atoms with Crippen molar-refractivity contribution in [2.75, 3.05) is 6.61 Å². The van der Waals surface area contributed by atoms with Gasteiger partial charge in [-0.3, -0.25) is 0 Å². The largest absolute Gasteiger partial charge is 0.494 e. The van der Waals surface area contributed by atoms with E-state index in [-0.39, 0.29) is 10.9 Å². The van der Waals surface area contributed by atoms with Gasteiger partial charge in [-0.1, -0.05) is 16.8 Å². The molecule has 3 N–H and O–H groups in total. The zero-order chi connectivity index (χ0) is 12.0. The van der Waals surface area contributed by atoms with Crippen LogP contribution in [-0.4, -0.2) is 17.6 Å². The smallest absolute Gasteiger partial charge is 0.142 e. The monoisotopic (exact) mass is 246 g/mol. The zero-order valence-electron chi connectivity index (χ0n) is 8.49. The normalized spacial score (nSPS) is 11.5. The SMILES string of the molecule is NC(CCCOc1ccc(F)c(Cl)c1)=NO. The lowest BCUT2D eigenvalue weighted by molar-refractivity contribution is 0.305. The molecular formula is C10H12ClFN2O2. The number of hydrogen-bond donors (Lipinski definition) is 2. The predicted molar refractivity (Wildman–Crippen MR) is 59.5 cm³/mol. The molecular weight excluding hydrogens is 235 g/mol. The quantitative estimate of drug-likeness (QED) is 0.276. The lowest BCUT2D eigenvalue weighted by Gasteiger charge is -2.06. The summed E-state index contributed by atoms with van der Waals surface area (Å²) in [7, 11) is 0. The van der Waals surface area contributed by atoms with Gasteiger partial charge in [0.1, 0.15) is 17.4 Å². The Morgan fingerprint density at radius 2 is 2.31 bits per heavy atom. The van der Waals surface area contributed by atoms with E-state index in [1.165, 1.54) is 18.2 Å². The second-order valence-electron chi connectivity index (χ2n) is 3.12. The minimum absolute atomic E-state index is 0.0222. The number of ether oxygens (including phenoxy) is 1. The molecule has 0 aliphatic heterocycles. The van der Waals surface area contributed by atoms with E-state index in [1.807, 2.05) is 0 Å². The summed E-state index contributed by atoms with van der Waals surface area (Å²) in [5.41, 5.74) is 5.27. The van der Waals surface area contributed by atoms with Crippen LogP contribution in [0.25, 0.3) is 0 Å². The fourth-order valence-electron chi connectivity index (χ4n) is 1.06. The molecule has 0 aliphatic carbocycles. The van der Waals surface area contributed by atoms with E-state index in [0.29, 0.717) is 25.2 Å². The molecule has 0 unspecified atom stereocenters. The highest BCUT2D eigenvalue weighted by atomic mass is 35.5. The average molecular weight is 247 g/mol. The van der Waals surface area contributed by atoms with Crippen LogP contribution < -0.4 is 10.5 Å². The summed E-state index contributed by atoms with van der Waals surface area (Å²) in [6.07, 6.45) is 1.04. The summed E-state index contributed by atoms with van der Waals surface area (Å²) in [4.78, 5) is 0. The maximum atomic E-state index is 12.8. The van der Waals surface area contributed by atoms with Gasteiger partial charge in [-0.15, -0.1) is 0 Å². The van der Waals surface area contributed by atoms with Gasteiger partial charge in [0.2, 0.25) is 0 Å².